The van der Waals surface area contributed by atoms with Crippen molar-refractivity contribution in [1.82, 2.24) is 0 Å². The number of nitrogen functional groups attached to an aromatic ring is 2. The van der Waals surface area contributed by atoms with Crippen LogP contribution in [0.5, 0.6) is 0 Å². The maximum Gasteiger partial charge on any atom is 0.389 e. The van der Waals surface area contributed by atoms with Gasteiger partial charge in [0, 0.05) is 29.6 Å². The Morgan fingerprint density at radius 2 is 1.03 bits per heavy atom. The summed E-state index contributed by atoms with van der Waals surface area (Å²) in [6, 6.07) is 10.3. The first-order valence-corrected chi connectivity index (χ1v) is 9.35. The Kier molecular flexibility index (Phi) is 5.49. The maximum absolute atomic E-state index is 12.8. The molecule has 0 spiro atoms. The number of fused-ring (bicyclic) bond motifs is 3. The molecule has 0 unspecified atom stereocenters. The summed E-state index contributed by atoms with van der Waals surface area (Å²) in [4.78, 5) is 0. The fourth-order valence-corrected chi connectivity index (χ4v) is 4.38. The zero-order valence-electron chi connectivity index (χ0n) is 15.6. The molecule has 0 bridgehead atoms. The van der Waals surface area contributed by atoms with Crippen molar-refractivity contribution in [3.63, 3.8) is 0 Å². The zero-order valence-corrected chi connectivity index (χ0v) is 15.6. The van der Waals surface area contributed by atoms with Gasteiger partial charge < -0.3 is 11.5 Å². The van der Waals surface area contributed by atoms with Crippen LogP contribution in [0.1, 0.15) is 49.7 Å². The van der Waals surface area contributed by atoms with Gasteiger partial charge in [0.1, 0.15) is 0 Å². The molecule has 8 heteroatoms. The highest BCUT2D eigenvalue weighted by atomic mass is 19.4. The van der Waals surface area contributed by atoms with E-state index in [1.807, 2.05) is 0 Å². The molecule has 0 amide bonds. The van der Waals surface area contributed by atoms with Crippen molar-refractivity contribution < 1.29 is 26.3 Å². The standard InChI is InChI=1S/C21H22F6N2/c22-20(23,24)9-1-7-19(8-2-10-21(25,26)27)17-11-13(28)3-5-15(17)16-6-4-14(29)12-18(16)19/h3-6,11-12H,1-2,7-10,28-29H2. The number of benzene rings is 2. The molecule has 0 radical (unpaired) electrons. The van der Waals surface area contributed by atoms with Gasteiger partial charge in [-0.3, -0.25) is 0 Å². The molecule has 0 aromatic heterocycles. The summed E-state index contributed by atoms with van der Waals surface area (Å²) < 4.78 is 76.8. The van der Waals surface area contributed by atoms with Crippen LogP contribution in [0.15, 0.2) is 36.4 Å². The van der Waals surface area contributed by atoms with Gasteiger partial charge in [0.2, 0.25) is 0 Å². The minimum absolute atomic E-state index is 0.0667. The van der Waals surface area contributed by atoms with E-state index in [2.05, 4.69) is 0 Å². The van der Waals surface area contributed by atoms with Gasteiger partial charge in [-0.2, -0.15) is 26.3 Å². The molecule has 158 valence electrons. The Morgan fingerprint density at radius 3 is 1.38 bits per heavy atom. The minimum Gasteiger partial charge on any atom is -0.399 e. The molecule has 2 aromatic rings. The number of hydrogen-bond acceptors (Lipinski definition) is 2. The molecule has 0 aliphatic heterocycles. The van der Waals surface area contributed by atoms with Crippen LogP contribution in [0, 0.1) is 0 Å². The molecular weight excluding hydrogens is 394 g/mol. The van der Waals surface area contributed by atoms with Crippen LogP contribution in [0.3, 0.4) is 0 Å². The fourth-order valence-electron chi connectivity index (χ4n) is 4.38. The lowest BCUT2D eigenvalue weighted by molar-refractivity contribution is -0.136. The predicted molar refractivity (Wildman–Crippen MR) is 101 cm³/mol. The maximum atomic E-state index is 12.8. The summed E-state index contributed by atoms with van der Waals surface area (Å²) in [6.45, 7) is 0. The monoisotopic (exact) mass is 416 g/mol. The molecule has 2 aromatic carbocycles. The van der Waals surface area contributed by atoms with Crippen molar-refractivity contribution in [3.8, 4) is 11.1 Å². The molecule has 0 saturated carbocycles. The summed E-state index contributed by atoms with van der Waals surface area (Å²) in [5.74, 6) is 0. The van der Waals surface area contributed by atoms with E-state index in [1.165, 1.54) is 0 Å². The molecule has 0 fully saturated rings. The Bertz CT molecular complexity index is 812. The third kappa shape index (κ3) is 4.62. The first-order valence-electron chi connectivity index (χ1n) is 9.35. The Balaban J connectivity index is 2.07. The lowest BCUT2D eigenvalue weighted by Gasteiger charge is -2.33. The number of halogens is 6. The first-order chi connectivity index (χ1) is 13.4. The number of nitrogens with two attached hydrogens (primary N) is 2. The average molecular weight is 416 g/mol. The van der Waals surface area contributed by atoms with Crippen molar-refractivity contribution >= 4 is 11.4 Å². The summed E-state index contributed by atoms with van der Waals surface area (Å²) in [5.41, 5.74) is 14.6. The lowest BCUT2D eigenvalue weighted by Crippen LogP contribution is -2.27. The molecule has 3 rings (SSSR count). The number of alkyl halides is 6. The van der Waals surface area contributed by atoms with Crippen LogP contribution in [-0.2, 0) is 5.41 Å². The van der Waals surface area contributed by atoms with Gasteiger partial charge in [-0.1, -0.05) is 12.1 Å². The molecular formula is C21H22F6N2. The highest BCUT2D eigenvalue weighted by Gasteiger charge is 2.44. The van der Waals surface area contributed by atoms with E-state index < -0.39 is 30.6 Å². The summed E-state index contributed by atoms with van der Waals surface area (Å²) >= 11 is 0. The van der Waals surface area contributed by atoms with Crippen LogP contribution in [0.25, 0.3) is 11.1 Å². The second-order valence-electron chi connectivity index (χ2n) is 7.63. The van der Waals surface area contributed by atoms with E-state index >= 15 is 0 Å². The van der Waals surface area contributed by atoms with Gasteiger partial charge in [0.25, 0.3) is 0 Å². The van der Waals surface area contributed by atoms with Gasteiger partial charge in [-0.15, -0.1) is 0 Å². The van der Waals surface area contributed by atoms with Crippen LogP contribution in [0.4, 0.5) is 37.7 Å². The summed E-state index contributed by atoms with van der Waals surface area (Å²) in [5, 5.41) is 0. The van der Waals surface area contributed by atoms with Crippen LogP contribution >= 0.6 is 0 Å². The molecule has 4 N–H and O–H groups in total. The number of hydrogen-bond donors (Lipinski definition) is 2. The number of rotatable bonds is 6. The quantitative estimate of drug-likeness (QED) is 0.413. The topological polar surface area (TPSA) is 52.0 Å². The zero-order chi connectivity index (χ0) is 21.4. The van der Waals surface area contributed by atoms with Crippen LogP contribution in [-0.4, -0.2) is 12.4 Å². The van der Waals surface area contributed by atoms with Crippen molar-refractivity contribution in [2.45, 2.75) is 56.3 Å². The third-order valence-electron chi connectivity index (χ3n) is 5.54. The van der Waals surface area contributed by atoms with Gasteiger partial charge >= 0.3 is 12.4 Å². The van der Waals surface area contributed by atoms with E-state index in [4.69, 9.17) is 11.5 Å². The molecule has 29 heavy (non-hydrogen) atoms. The SMILES string of the molecule is Nc1ccc2c(c1)C(CCCC(F)(F)F)(CCCC(F)(F)F)c1cc(N)ccc1-2. The predicted octanol–water partition coefficient (Wildman–Crippen LogP) is 6.58. The normalized spacial score (nSPS) is 15.2. The Labute approximate surface area is 164 Å². The van der Waals surface area contributed by atoms with Crippen molar-refractivity contribution in [3.05, 3.63) is 47.5 Å². The van der Waals surface area contributed by atoms with Gasteiger partial charge in [0.15, 0.2) is 0 Å². The lowest BCUT2D eigenvalue weighted by atomic mass is 9.70. The molecule has 1 aliphatic rings. The van der Waals surface area contributed by atoms with Crippen LogP contribution in [0.2, 0.25) is 0 Å². The average Bonchev–Trinajstić information content (AvgIpc) is 2.82. The fraction of sp³-hybridized carbons (Fsp3) is 0.429. The van der Waals surface area contributed by atoms with E-state index in [-0.39, 0.29) is 25.7 Å². The summed E-state index contributed by atoms with van der Waals surface area (Å²) in [6.07, 6.45) is -10.9. The highest BCUT2D eigenvalue weighted by molar-refractivity contribution is 5.83. The van der Waals surface area contributed by atoms with Crippen LogP contribution < -0.4 is 11.5 Å². The highest BCUT2D eigenvalue weighted by Crippen LogP contribution is 2.55. The largest absolute Gasteiger partial charge is 0.399 e. The number of anilines is 2. The van der Waals surface area contributed by atoms with Crippen molar-refractivity contribution in [2.75, 3.05) is 11.5 Å². The molecule has 0 saturated heterocycles. The van der Waals surface area contributed by atoms with E-state index in [0.29, 0.717) is 22.5 Å². The van der Waals surface area contributed by atoms with Gasteiger partial charge in [-0.25, -0.2) is 0 Å². The van der Waals surface area contributed by atoms with E-state index in [9.17, 15) is 26.3 Å². The third-order valence-corrected chi connectivity index (χ3v) is 5.54. The van der Waals surface area contributed by atoms with Crippen molar-refractivity contribution in [1.29, 1.82) is 0 Å². The van der Waals surface area contributed by atoms with Gasteiger partial charge in [-0.05, 0) is 72.2 Å². The molecule has 0 heterocycles. The molecule has 1 aliphatic carbocycles. The first kappa shape index (κ1) is 21.3. The molecule has 2 nitrogen and oxygen atoms in total. The smallest absolute Gasteiger partial charge is 0.389 e. The van der Waals surface area contributed by atoms with E-state index in [0.717, 1.165) is 11.1 Å². The van der Waals surface area contributed by atoms with Gasteiger partial charge in [0.05, 0.1) is 0 Å². The van der Waals surface area contributed by atoms with E-state index in [1.54, 1.807) is 36.4 Å². The summed E-state index contributed by atoms with van der Waals surface area (Å²) in [7, 11) is 0. The molecule has 0 atom stereocenters. The second kappa shape index (κ2) is 7.46. The minimum atomic E-state index is -4.33. The Morgan fingerprint density at radius 1 is 0.655 bits per heavy atom. The van der Waals surface area contributed by atoms with Crippen molar-refractivity contribution in [2.24, 2.45) is 0 Å². The second-order valence-corrected chi connectivity index (χ2v) is 7.63. The Hall–Kier alpha value is -2.38.